The van der Waals surface area contributed by atoms with Gasteiger partial charge in [0.1, 0.15) is 0 Å². The van der Waals surface area contributed by atoms with Crippen molar-refractivity contribution in [1.29, 1.82) is 0 Å². The normalized spacial score (nSPS) is 8.00. The van der Waals surface area contributed by atoms with Crippen LogP contribution in [0.25, 0.3) is 22.3 Å². The second-order valence-corrected chi connectivity index (χ2v) is 6.23. The first-order chi connectivity index (χ1) is 17.0. The van der Waals surface area contributed by atoms with Gasteiger partial charge in [0.05, 0.1) is 10.2 Å². The SMILES string of the molecule is O=[N+]([O-])[O-].O=[N+]([O-])[O-].[Ni+2].[O-][n+]1ccc(-c2cc[n+]([O-])cc2)cc1.[O-][n+]1ccc(-c2cc[n+]([O-])cc2)cc1.[OH3+].[OH3+].[OH3+].[OH3+]. The fourth-order valence-corrected chi connectivity index (χ4v) is 2.42. The van der Waals surface area contributed by atoms with E-state index in [1.807, 2.05) is 0 Å². The van der Waals surface area contributed by atoms with Gasteiger partial charge in [-0.15, -0.1) is 0 Å². The number of pyridine rings is 4. The van der Waals surface area contributed by atoms with Gasteiger partial charge >= 0.3 is 16.5 Å². The molecule has 0 radical (unpaired) electrons. The fourth-order valence-electron chi connectivity index (χ4n) is 2.42. The first-order valence-corrected chi connectivity index (χ1v) is 9.37. The summed E-state index contributed by atoms with van der Waals surface area (Å²) in [6.07, 6.45) is 11.4. The second kappa shape index (κ2) is 23.6. The molecule has 41 heavy (non-hydrogen) atoms. The minimum atomic E-state index is -1.75. The van der Waals surface area contributed by atoms with Crippen LogP contribution in [0.15, 0.2) is 98.1 Å². The molecule has 12 N–H and O–H groups in total. The molecular formula is C20H28N6NiO14+4. The molecule has 228 valence electrons. The van der Waals surface area contributed by atoms with Gasteiger partial charge < -0.3 is 73.4 Å². The van der Waals surface area contributed by atoms with E-state index in [1.165, 1.54) is 49.6 Å². The van der Waals surface area contributed by atoms with Crippen LogP contribution in [0.5, 0.6) is 0 Å². The molecule has 0 aliphatic carbocycles. The van der Waals surface area contributed by atoms with Gasteiger partial charge in [-0.25, -0.2) is 0 Å². The molecular weight excluding hydrogens is 607 g/mol. The van der Waals surface area contributed by atoms with Gasteiger partial charge in [0, 0.05) is 48.5 Å². The first-order valence-electron chi connectivity index (χ1n) is 9.37. The Balaban J connectivity index is -0.000000153. The zero-order chi connectivity index (χ0) is 27.1. The Labute approximate surface area is 239 Å². The molecule has 20 nitrogen and oxygen atoms in total. The Bertz CT molecular complexity index is 1040. The molecule has 0 spiro atoms. The monoisotopic (exact) mass is 634 g/mol. The fraction of sp³-hybridized carbons (Fsp3) is 0. The number of aromatic nitrogens is 4. The van der Waals surface area contributed by atoms with Gasteiger partial charge in [-0.05, 0) is 22.3 Å². The molecule has 0 aliphatic heterocycles. The van der Waals surface area contributed by atoms with Crippen molar-refractivity contribution in [3.05, 3.63) is 150 Å². The third kappa shape index (κ3) is 20.2. The average Bonchev–Trinajstić information content (AvgIpc) is 2.81. The van der Waals surface area contributed by atoms with Crippen LogP contribution in [0.4, 0.5) is 0 Å². The summed E-state index contributed by atoms with van der Waals surface area (Å²) in [7, 11) is 0. The minimum absolute atomic E-state index is 0. The molecule has 0 saturated carbocycles. The molecule has 4 heterocycles. The zero-order valence-corrected chi connectivity index (χ0v) is 21.6. The van der Waals surface area contributed by atoms with Gasteiger partial charge in [-0.2, -0.15) is 18.9 Å². The van der Waals surface area contributed by atoms with Crippen LogP contribution in [0.2, 0.25) is 0 Å². The van der Waals surface area contributed by atoms with Crippen molar-refractivity contribution in [2.24, 2.45) is 0 Å². The topological polar surface area (TPSA) is 372 Å². The maximum atomic E-state index is 10.8. The van der Waals surface area contributed by atoms with Crippen LogP contribution >= 0.6 is 0 Å². The number of rotatable bonds is 2. The van der Waals surface area contributed by atoms with E-state index in [4.69, 9.17) is 30.6 Å². The third-order valence-corrected chi connectivity index (χ3v) is 3.87. The summed E-state index contributed by atoms with van der Waals surface area (Å²) in [5.74, 6) is 0. The van der Waals surface area contributed by atoms with E-state index < -0.39 is 10.2 Å². The van der Waals surface area contributed by atoms with Crippen LogP contribution in [-0.2, 0) is 38.4 Å². The maximum absolute atomic E-state index is 10.8. The van der Waals surface area contributed by atoms with Crippen molar-refractivity contribution in [3.8, 4) is 22.3 Å². The molecule has 0 aromatic carbocycles. The molecule has 4 aromatic heterocycles. The van der Waals surface area contributed by atoms with Crippen LogP contribution in [-0.4, -0.2) is 10.2 Å². The number of nitrogens with zero attached hydrogens (tertiary/aromatic N) is 6. The molecule has 0 fully saturated rings. The summed E-state index contributed by atoms with van der Waals surface area (Å²) in [4.78, 5) is 16.5. The summed E-state index contributed by atoms with van der Waals surface area (Å²) in [6.45, 7) is 0. The van der Waals surface area contributed by atoms with E-state index in [9.17, 15) is 20.8 Å². The van der Waals surface area contributed by atoms with E-state index in [0.717, 1.165) is 41.2 Å². The summed E-state index contributed by atoms with van der Waals surface area (Å²) in [5.41, 5.74) is 3.66. The largest absolute Gasteiger partial charge is 2.00 e. The van der Waals surface area contributed by atoms with Crippen LogP contribution in [0.3, 0.4) is 0 Å². The number of hydrogen-bond donors (Lipinski definition) is 0. The molecule has 4 rings (SSSR count). The maximum Gasteiger partial charge on any atom is 2.00 e. The predicted molar refractivity (Wildman–Crippen MR) is 140 cm³/mol. The Hall–Kier alpha value is -5.47. The molecule has 0 amide bonds. The van der Waals surface area contributed by atoms with Crippen molar-refractivity contribution in [2.45, 2.75) is 0 Å². The second-order valence-electron chi connectivity index (χ2n) is 6.23. The summed E-state index contributed by atoms with van der Waals surface area (Å²) < 4.78 is 2.89. The average molecular weight is 635 g/mol. The van der Waals surface area contributed by atoms with Crippen molar-refractivity contribution in [3.63, 3.8) is 0 Å². The summed E-state index contributed by atoms with van der Waals surface area (Å²) in [5, 5.41) is 72.6. The smallest absolute Gasteiger partial charge is 0.619 e. The Kier molecular flexibility index (Phi) is 26.2. The Morgan fingerprint density at radius 3 is 0.585 bits per heavy atom. The van der Waals surface area contributed by atoms with Gasteiger partial charge in [0.15, 0.2) is 49.6 Å². The standard InChI is InChI=1S/2C10H8N2O2.2NO3.Ni.4H2O/c2*13-11-5-1-9(2-6-11)10-3-7-12(14)8-4-10;2*2-1(3)4;;;;;/h2*1-8H;;;;4*1H2/q;;2*-1;+2;;;;/p+4. The quantitative estimate of drug-likeness (QED) is 0.0539. The van der Waals surface area contributed by atoms with Crippen molar-refractivity contribution in [2.75, 3.05) is 0 Å². The minimum Gasteiger partial charge on any atom is -0.619 e. The van der Waals surface area contributed by atoms with Gasteiger partial charge in [0.25, 0.3) is 0 Å². The third-order valence-electron chi connectivity index (χ3n) is 3.87. The number of hydrogen-bond acceptors (Lipinski definition) is 10. The van der Waals surface area contributed by atoms with E-state index in [2.05, 4.69) is 0 Å². The zero-order valence-electron chi connectivity index (χ0n) is 20.6. The van der Waals surface area contributed by atoms with Crippen LogP contribution < -0.4 is 18.9 Å². The van der Waals surface area contributed by atoms with Gasteiger partial charge in [-0.1, -0.05) is 0 Å². The van der Waals surface area contributed by atoms with E-state index in [0.29, 0.717) is 0 Å². The van der Waals surface area contributed by atoms with Crippen LogP contribution in [0, 0.1) is 51.5 Å². The first kappa shape index (κ1) is 45.5. The molecule has 4 aromatic rings. The molecule has 0 unspecified atom stereocenters. The Morgan fingerprint density at radius 1 is 0.390 bits per heavy atom. The van der Waals surface area contributed by atoms with E-state index >= 15 is 0 Å². The molecule has 0 atom stereocenters. The molecule has 0 aliphatic rings. The van der Waals surface area contributed by atoms with Crippen molar-refractivity contribution in [1.82, 2.24) is 0 Å². The predicted octanol–water partition coefficient (Wildman–Crippen LogP) is -2.93. The van der Waals surface area contributed by atoms with Crippen molar-refractivity contribution < 1.29 is 67.5 Å². The molecule has 0 saturated heterocycles. The van der Waals surface area contributed by atoms with Gasteiger partial charge in [-0.3, -0.25) is 0 Å². The van der Waals surface area contributed by atoms with Crippen LogP contribution in [0.1, 0.15) is 0 Å². The van der Waals surface area contributed by atoms with E-state index in [1.54, 1.807) is 48.5 Å². The Morgan fingerprint density at radius 2 is 0.488 bits per heavy atom. The molecule has 21 heteroatoms. The van der Waals surface area contributed by atoms with Gasteiger partial charge in [0.2, 0.25) is 0 Å². The summed E-state index contributed by atoms with van der Waals surface area (Å²) >= 11 is 0. The van der Waals surface area contributed by atoms with E-state index in [-0.39, 0.29) is 38.4 Å². The van der Waals surface area contributed by atoms with Crippen molar-refractivity contribution >= 4 is 0 Å². The summed E-state index contributed by atoms with van der Waals surface area (Å²) in [6, 6.07) is 13.6. The molecule has 0 bridgehead atoms.